The van der Waals surface area contributed by atoms with Gasteiger partial charge in [0.15, 0.2) is 0 Å². The van der Waals surface area contributed by atoms with Gasteiger partial charge in [0.25, 0.3) is 0 Å². The van der Waals surface area contributed by atoms with E-state index in [-0.39, 0.29) is 30.9 Å². The van der Waals surface area contributed by atoms with Gasteiger partial charge in [-0.2, -0.15) is 0 Å². The number of amides is 2. The monoisotopic (exact) mass is 448 g/mol. The maximum absolute atomic E-state index is 12.9. The maximum atomic E-state index is 12.9. The second kappa shape index (κ2) is 8.21. The summed E-state index contributed by atoms with van der Waals surface area (Å²) >= 11 is 0. The van der Waals surface area contributed by atoms with Crippen LogP contribution in [0.25, 0.3) is 11.1 Å². The Morgan fingerprint density at radius 1 is 1.12 bits per heavy atom. The van der Waals surface area contributed by atoms with Crippen LogP contribution in [0.3, 0.4) is 0 Å². The van der Waals surface area contributed by atoms with Crippen molar-refractivity contribution in [2.75, 3.05) is 19.7 Å². The lowest BCUT2D eigenvalue weighted by Gasteiger charge is -2.25. The summed E-state index contributed by atoms with van der Waals surface area (Å²) in [6.07, 6.45) is 1.66. The van der Waals surface area contributed by atoms with Gasteiger partial charge in [-0.25, -0.2) is 4.79 Å². The third kappa shape index (κ3) is 3.56. The Morgan fingerprint density at radius 2 is 1.76 bits per heavy atom. The number of fused-ring (bicyclic) bond motifs is 4. The molecule has 2 N–H and O–H groups in total. The largest absolute Gasteiger partial charge is 0.481 e. The third-order valence-electron chi connectivity index (χ3n) is 7.66. The average Bonchev–Trinajstić information content (AvgIpc) is 3.47. The molecule has 0 aromatic heterocycles. The number of rotatable bonds is 5. The Hall–Kier alpha value is -3.35. The molecule has 1 aliphatic heterocycles. The molecule has 0 spiro atoms. The first-order chi connectivity index (χ1) is 15.9. The fourth-order valence-electron chi connectivity index (χ4n) is 5.96. The van der Waals surface area contributed by atoms with Crippen LogP contribution in [0.15, 0.2) is 48.5 Å². The zero-order valence-electron chi connectivity index (χ0n) is 18.6. The van der Waals surface area contributed by atoms with Gasteiger partial charge in [0.1, 0.15) is 12.6 Å². The molecule has 1 saturated heterocycles. The van der Waals surface area contributed by atoms with E-state index >= 15 is 0 Å². The van der Waals surface area contributed by atoms with Crippen LogP contribution in [0.4, 0.5) is 4.79 Å². The van der Waals surface area contributed by atoms with E-state index < -0.39 is 23.5 Å². The molecule has 2 fully saturated rings. The number of ether oxygens (including phenoxy) is 1. The van der Waals surface area contributed by atoms with Crippen LogP contribution in [0.1, 0.15) is 43.2 Å². The van der Waals surface area contributed by atoms with Gasteiger partial charge >= 0.3 is 12.1 Å². The summed E-state index contributed by atoms with van der Waals surface area (Å²) in [5.74, 6) is -1.15. The normalized spacial score (nSPS) is 24.0. The second-order valence-electron chi connectivity index (χ2n) is 9.46. The molecule has 2 amide bonds. The van der Waals surface area contributed by atoms with Gasteiger partial charge < -0.3 is 20.1 Å². The van der Waals surface area contributed by atoms with E-state index in [0.29, 0.717) is 13.0 Å². The number of carbonyl (C=O) groups excluding carboxylic acids is 2. The molecule has 2 aliphatic carbocycles. The first-order valence-electron chi connectivity index (χ1n) is 11.5. The number of nitrogens with zero attached hydrogens (tertiary/aromatic N) is 1. The molecule has 7 nitrogen and oxygen atoms in total. The number of carboxylic acid groups (broad SMARTS) is 1. The minimum atomic E-state index is -0.834. The van der Waals surface area contributed by atoms with E-state index in [2.05, 4.69) is 29.6 Å². The fourth-order valence-corrected chi connectivity index (χ4v) is 5.96. The summed E-state index contributed by atoms with van der Waals surface area (Å²) in [6.45, 7) is 2.43. The van der Waals surface area contributed by atoms with Crippen molar-refractivity contribution >= 4 is 18.0 Å². The minimum absolute atomic E-state index is 0.0133. The number of aliphatic carboxylic acids is 1. The predicted octanol–water partition coefficient (Wildman–Crippen LogP) is 3.63. The summed E-state index contributed by atoms with van der Waals surface area (Å²) in [5, 5.41) is 12.4. The van der Waals surface area contributed by atoms with Gasteiger partial charge in [0.05, 0.1) is 5.41 Å². The molecule has 2 aromatic rings. The zero-order valence-corrected chi connectivity index (χ0v) is 18.6. The molecule has 0 bridgehead atoms. The molecule has 7 heteroatoms. The van der Waals surface area contributed by atoms with Crippen molar-refractivity contribution in [1.82, 2.24) is 10.2 Å². The van der Waals surface area contributed by atoms with Crippen LogP contribution in [-0.4, -0.2) is 53.7 Å². The number of carboxylic acids is 1. The molecule has 1 saturated carbocycles. The van der Waals surface area contributed by atoms with Crippen LogP contribution in [0.2, 0.25) is 0 Å². The Kier molecular flexibility index (Phi) is 5.35. The highest BCUT2D eigenvalue weighted by Gasteiger charge is 2.56. The molecule has 172 valence electrons. The summed E-state index contributed by atoms with van der Waals surface area (Å²) in [4.78, 5) is 38.9. The highest BCUT2D eigenvalue weighted by molar-refractivity contribution is 5.87. The minimum Gasteiger partial charge on any atom is -0.481 e. The molecular weight excluding hydrogens is 420 g/mol. The van der Waals surface area contributed by atoms with Crippen LogP contribution in [-0.2, 0) is 14.3 Å². The zero-order chi connectivity index (χ0) is 23.2. The van der Waals surface area contributed by atoms with Gasteiger partial charge in [0.2, 0.25) is 5.91 Å². The highest BCUT2D eigenvalue weighted by Crippen LogP contribution is 2.49. The van der Waals surface area contributed by atoms with E-state index in [0.717, 1.165) is 35.1 Å². The smallest absolute Gasteiger partial charge is 0.407 e. The SMILES string of the molecule is C[C@H](NC(=O)OCC1c2ccccc2-c2ccccc21)C(=O)N1C[C@@H]2CCC[C@]2(C(=O)O)C1. The van der Waals surface area contributed by atoms with Crippen molar-refractivity contribution < 1.29 is 24.2 Å². The number of carbonyl (C=O) groups is 3. The Labute approximate surface area is 192 Å². The predicted molar refractivity (Wildman–Crippen MR) is 122 cm³/mol. The number of benzene rings is 2. The van der Waals surface area contributed by atoms with Crippen molar-refractivity contribution in [2.24, 2.45) is 11.3 Å². The summed E-state index contributed by atoms with van der Waals surface area (Å²) in [5.41, 5.74) is 3.71. The van der Waals surface area contributed by atoms with Gasteiger partial charge in [-0.15, -0.1) is 0 Å². The first-order valence-corrected chi connectivity index (χ1v) is 11.5. The molecule has 3 aliphatic rings. The van der Waals surface area contributed by atoms with Gasteiger partial charge in [-0.05, 0) is 47.9 Å². The highest BCUT2D eigenvalue weighted by atomic mass is 16.5. The summed E-state index contributed by atoms with van der Waals surface area (Å²) in [6, 6.07) is 15.4. The maximum Gasteiger partial charge on any atom is 0.407 e. The quantitative estimate of drug-likeness (QED) is 0.728. The van der Waals surface area contributed by atoms with Crippen molar-refractivity contribution in [3.05, 3.63) is 59.7 Å². The fraction of sp³-hybridized carbons (Fsp3) is 0.423. The van der Waals surface area contributed by atoms with Crippen LogP contribution >= 0.6 is 0 Å². The Balaban J connectivity index is 1.20. The lowest BCUT2D eigenvalue weighted by molar-refractivity contribution is -0.149. The van der Waals surface area contributed by atoms with E-state index in [9.17, 15) is 19.5 Å². The number of likely N-dealkylation sites (tertiary alicyclic amines) is 1. The molecule has 3 atom stereocenters. The van der Waals surface area contributed by atoms with Gasteiger partial charge in [-0.1, -0.05) is 55.0 Å². The van der Waals surface area contributed by atoms with E-state index in [4.69, 9.17) is 4.74 Å². The number of alkyl carbamates (subject to hydrolysis) is 1. The van der Waals surface area contributed by atoms with Crippen molar-refractivity contribution in [3.8, 4) is 11.1 Å². The van der Waals surface area contributed by atoms with Crippen LogP contribution in [0, 0.1) is 11.3 Å². The molecular formula is C26H28N2O5. The molecule has 0 unspecified atom stereocenters. The Morgan fingerprint density at radius 3 is 2.36 bits per heavy atom. The van der Waals surface area contributed by atoms with Crippen molar-refractivity contribution in [2.45, 2.75) is 38.1 Å². The topological polar surface area (TPSA) is 95.9 Å². The number of hydrogen-bond donors (Lipinski definition) is 2. The Bertz CT molecular complexity index is 1070. The second-order valence-corrected chi connectivity index (χ2v) is 9.46. The van der Waals surface area contributed by atoms with Gasteiger partial charge in [0, 0.05) is 19.0 Å². The van der Waals surface area contributed by atoms with E-state index in [1.807, 2.05) is 24.3 Å². The lowest BCUT2D eigenvalue weighted by atomic mass is 9.81. The standard InChI is InChI=1S/C26H28N2O5/c1-16(23(29)28-13-17-7-6-12-26(17,15-28)24(30)31)27-25(32)33-14-22-20-10-4-2-8-18(20)19-9-3-5-11-21(19)22/h2-5,8-11,16-17,22H,6-7,12-15H2,1H3,(H,27,32)(H,30,31)/t16-,17-,26-/m0/s1. The van der Waals surface area contributed by atoms with Gasteiger partial charge in [-0.3, -0.25) is 9.59 Å². The lowest BCUT2D eigenvalue weighted by Crippen LogP contribution is -2.47. The van der Waals surface area contributed by atoms with Crippen molar-refractivity contribution in [1.29, 1.82) is 0 Å². The molecule has 5 rings (SSSR count). The molecule has 1 heterocycles. The average molecular weight is 449 g/mol. The van der Waals surface area contributed by atoms with Crippen molar-refractivity contribution in [3.63, 3.8) is 0 Å². The summed E-state index contributed by atoms with van der Waals surface area (Å²) in [7, 11) is 0. The molecule has 2 aromatic carbocycles. The van der Waals surface area contributed by atoms with E-state index in [1.165, 1.54) is 0 Å². The first kappa shape index (κ1) is 21.5. The van der Waals surface area contributed by atoms with E-state index in [1.54, 1.807) is 11.8 Å². The third-order valence-corrected chi connectivity index (χ3v) is 7.66. The van der Waals surface area contributed by atoms with Crippen LogP contribution < -0.4 is 5.32 Å². The number of hydrogen-bond acceptors (Lipinski definition) is 4. The van der Waals surface area contributed by atoms with Crippen LogP contribution in [0.5, 0.6) is 0 Å². The molecule has 33 heavy (non-hydrogen) atoms. The number of nitrogens with one attached hydrogen (secondary N) is 1. The summed E-state index contributed by atoms with van der Waals surface area (Å²) < 4.78 is 5.54. The molecule has 0 radical (unpaired) electrons.